The number of nitrogens with zero attached hydrogens (tertiary/aromatic N) is 1. The van der Waals surface area contributed by atoms with E-state index in [-0.39, 0.29) is 55.5 Å². The number of hydrogen-bond donors (Lipinski definition) is 4. The van der Waals surface area contributed by atoms with Crippen LogP contribution >= 0.6 is 0 Å². The highest BCUT2D eigenvalue weighted by Gasteiger charge is 2.51. The number of amides is 5. The average Bonchev–Trinajstić information content (AvgIpc) is 3.49. The third-order valence-electron chi connectivity index (χ3n) is 10.7. The number of ether oxygens (including phenoxy) is 1. The highest BCUT2D eigenvalue weighted by atomic mass is 16.6. The Hall–Kier alpha value is -3.70. The molecule has 0 aromatic rings. The molecule has 2 aliphatic rings. The summed E-state index contributed by atoms with van der Waals surface area (Å²) in [6.45, 7) is 24.6. The maximum atomic E-state index is 14.9. The van der Waals surface area contributed by atoms with Crippen LogP contribution in [0.1, 0.15) is 120 Å². The highest BCUT2D eigenvalue weighted by molar-refractivity contribution is 6.38. The van der Waals surface area contributed by atoms with E-state index in [1.165, 1.54) is 11.0 Å². The Bertz CT molecular complexity index is 1290. The summed E-state index contributed by atoms with van der Waals surface area (Å²) in [7, 11) is 0. The van der Waals surface area contributed by atoms with Crippen LogP contribution in [0, 0.1) is 29.6 Å². The monoisotopic (exact) mass is 730 g/mol. The van der Waals surface area contributed by atoms with Crippen molar-refractivity contribution in [2.75, 3.05) is 13.1 Å². The minimum Gasteiger partial charge on any atom is -0.458 e. The summed E-state index contributed by atoms with van der Waals surface area (Å²) in [5.74, 6) is -4.18. The van der Waals surface area contributed by atoms with Crippen LogP contribution in [0.4, 0.5) is 4.79 Å². The summed E-state index contributed by atoms with van der Waals surface area (Å²) >= 11 is 0. The molecule has 1 aliphatic carbocycles. The molecule has 6 atom stereocenters. The van der Waals surface area contributed by atoms with E-state index >= 15 is 0 Å². The first kappa shape index (κ1) is 44.5. The number of hydrogen-bond acceptors (Lipinski definition) is 7. The topological polar surface area (TPSA) is 163 Å². The Kier molecular flexibility index (Phi) is 17.1. The van der Waals surface area contributed by atoms with Crippen molar-refractivity contribution in [3.63, 3.8) is 0 Å². The number of carbonyl (C=O) groups excluding carboxylic acids is 6. The molecule has 1 heterocycles. The van der Waals surface area contributed by atoms with E-state index in [2.05, 4.69) is 34.4 Å². The summed E-state index contributed by atoms with van der Waals surface area (Å²) in [5, 5.41) is 11.2. The van der Waals surface area contributed by atoms with Crippen molar-refractivity contribution < 1.29 is 33.5 Å². The molecule has 2 fully saturated rings. The molecule has 0 spiro atoms. The lowest BCUT2D eigenvalue weighted by Gasteiger charge is -2.39. The number of ketones is 1. The van der Waals surface area contributed by atoms with Gasteiger partial charge in [0.1, 0.15) is 23.2 Å². The van der Waals surface area contributed by atoms with Crippen molar-refractivity contribution >= 4 is 35.5 Å². The van der Waals surface area contributed by atoms with Gasteiger partial charge in [0.15, 0.2) is 0 Å². The maximum absolute atomic E-state index is 14.9. The Balaban J connectivity index is 2.54. The summed E-state index contributed by atoms with van der Waals surface area (Å²) in [4.78, 5) is 84.2. The van der Waals surface area contributed by atoms with Crippen LogP contribution in [0.3, 0.4) is 0 Å². The maximum Gasteiger partial charge on any atom is 0.332 e. The first-order chi connectivity index (χ1) is 24.4. The van der Waals surface area contributed by atoms with Gasteiger partial charge in [0, 0.05) is 13.1 Å². The Morgan fingerprint density at radius 1 is 0.942 bits per heavy atom. The molecule has 0 bridgehead atoms. The van der Waals surface area contributed by atoms with Crippen LogP contribution in [-0.4, -0.2) is 82.8 Å². The van der Waals surface area contributed by atoms with Gasteiger partial charge in [-0.1, -0.05) is 85.8 Å². The summed E-state index contributed by atoms with van der Waals surface area (Å²) < 4.78 is 5.75. The lowest BCUT2D eigenvalue weighted by atomic mass is 9.80. The van der Waals surface area contributed by atoms with Crippen LogP contribution < -0.4 is 21.3 Å². The van der Waals surface area contributed by atoms with Crippen molar-refractivity contribution in [2.24, 2.45) is 29.6 Å². The minimum absolute atomic E-state index is 0.0494. The molecule has 12 heteroatoms. The van der Waals surface area contributed by atoms with Gasteiger partial charge < -0.3 is 30.9 Å². The second-order valence-electron chi connectivity index (χ2n) is 16.2. The lowest BCUT2D eigenvalue weighted by Crippen LogP contribution is -2.64. The van der Waals surface area contributed by atoms with Crippen molar-refractivity contribution in [1.82, 2.24) is 26.2 Å². The largest absolute Gasteiger partial charge is 0.458 e. The molecule has 12 nitrogen and oxygen atoms in total. The van der Waals surface area contributed by atoms with E-state index in [1.54, 1.807) is 26.8 Å². The van der Waals surface area contributed by atoms with Gasteiger partial charge >= 0.3 is 12.0 Å². The van der Waals surface area contributed by atoms with E-state index in [0.29, 0.717) is 19.3 Å². The fourth-order valence-corrected chi connectivity index (χ4v) is 7.73. The van der Waals surface area contributed by atoms with Gasteiger partial charge in [-0.15, -0.1) is 13.2 Å². The standard InChI is InChI=1S/C40H67N5O7/c1-12-16-22-29(33(46)35(48)41-23-13-2)42-34(47)32-30(25(5)6)27(14-3)24-45(32)36(49)31(28-20-18-17-19-21-28)43-38(51)44-40(15-4,26(7)8)37(50)52-39(9,10)11/h13-14,25-32H,2-3,12,15-24H2,1,4-11H3,(H,41,48)(H,42,47)(H2,43,44,51)/t27-,29?,30-,31-,32-,40?/m0/s1. The lowest BCUT2D eigenvalue weighted by molar-refractivity contribution is -0.165. The molecule has 2 unspecified atom stereocenters. The Labute approximate surface area is 312 Å². The van der Waals surface area contributed by atoms with Crippen molar-refractivity contribution in [3.8, 4) is 0 Å². The van der Waals surface area contributed by atoms with Crippen LogP contribution in [0.25, 0.3) is 0 Å². The van der Waals surface area contributed by atoms with Gasteiger partial charge in [-0.2, -0.15) is 0 Å². The zero-order valence-corrected chi connectivity index (χ0v) is 33.3. The van der Waals surface area contributed by atoms with E-state index in [9.17, 15) is 28.8 Å². The molecule has 5 amide bonds. The molecule has 0 aromatic carbocycles. The van der Waals surface area contributed by atoms with Gasteiger partial charge in [0.25, 0.3) is 5.91 Å². The SMILES string of the molecule is C=CCNC(=O)C(=O)C(CCCC)NC(=O)[C@@H]1[C@@H](C(C)C)[C@@H](C=C)CN1C(=O)[C@@H](NC(=O)NC(CC)(C(=O)OC(C)(C)C)C(C)C)C1CCCCC1. The molecule has 1 saturated heterocycles. The molecule has 2 rings (SSSR count). The van der Waals surface area contributed by atoms with Crippen molar-refractivity contribution in [2.45, 2.75) is 149 Å². The first-order valence-electron chi connectivity index (χ1n) is 19.4. The number of unbranched alkanes of at least 4 members (excludes halogenated alkanes) is 1. The molecule has 1 aliphatic heterocycles. The van der Waals surface area contributed by atoms with E-state index in [4.69, 9.17) is 4.74 Å². The molecular formula is C40H67N5O7. The highest BCUT2D eigenvalue weighted by Crippen LogP contribution is 2.38. The number of esters is 1. The normalized spacial score (nSPS) is 21.8. The van der Waals surface area contributed by atoms with E-state index in [0.717, 1.165) is 25.7 Å². The number of urea groups is 1. The number of rotatable bonds is 18. The summed E-state index contributed by atoms with van der Waals surface area (Å²) in [6, 6.07) is -3.70. The number of likely N-dealkylation sites (tertiary alicyclic amines) is 1. The fraction of sp³-hybridized carbons (Fsp3) is 0.750. The first-order valence-corrected chi connectivity index (χ1v) is 19.4. The van der Waals surface area contributed by atoms with Gasteiger partial charge in [0.2, 0.25) is 17.6 Å². The molecule has 0 aromatic heterocycles. The van der Waals surface area contributed by atoms with Gasteiger partial charge in [-0.3, -0.25) is 19.2 Å². The van der Waals surface area contributed by atoms with Crippen LogP contribution in [-0.2, 0) is 28.7 Å². The average molecular weight is 730 g/mol. The minimum atomic E-state index is -1.34. The fourth-order valence-electron chi connectivity index (χ4n) is 7.73. The predicted octanol–water partition coefficient (Wildman–Crippen LogP) is 5.21. The van der Waals surface area contributed by atoms with Crippen molar-refractivity contribution in [3.05, 3.63) is 25.3 Å². The van der Waals surface area contributed by atoms with E-state index in [1.807, 2.05) is 41.5 Å². The summed E-state index contributed by atoms with van der Waals surface area (Å²) in [5.41, 5.74) is -2.12. The molecular weight excluding hydrogens is 662 g/mol. The van der Waals surface area contributed by atoms with Gasteiger partial charge in [0.05, 0.1) is 6.04 Å². The zero-order valence-electron chi connectivity index (χ0n) is 33.3. The number of Topliss-reactive ketones (excluding diaryl/α,β-unsaturated/α-hetero) is 1. The summed E-state index contributed by atoms with van der Waals surface area (Å²) in [6.07, 6.45) is 9.33. The molecule has 0 radical (unpaired) electrons. The van der Waals surface area contributed by atoms with Gasteiger partial charge in [-0.25, -0.2) is 9.59 Å². The third-order valence-corrected chi connectivity index (χ3v) is 10.7. The van der Waals surface area contributed by atoms with Crippen LogP contribution in [0.5, 0.6) is 0 Å². The second-order valence-corrected chi connectivity index (χ2v) is 16.2. The third kappa shape index (κ3) is 11.4. The molecule has 52 heavy (non-hydrogen) atoms. The van der Waals surface area contributed by atoms with Crippen LogP contribution in [0.15, 0.2) is 25.3 Å². The predicted molar refractivity (Wildman–Crippen MR) is 203 cm³/mol. The number of nitrogens with one attached hydrogen (secondary N) is 4. The quantitative estimate of drug-likeness (QED) is 0.0855. The van der Waals surface area contributed by atoms with E-state index < -0.39 is 64.8 Å². The van der Waals surface area contributed by atoms with Crippen molar-refractivity contribution in [1.29, 1.82) is 0 Å². The number of carbonyl (C=O) groups is 6. The zero-order chi connectivity index (χ0) is 39.4. The Morgan fingerprint density at radius 3 is 2.08 bits per heavy atom. The van der Waals surface area contributed by atoms with Gasteiger partial charge in [-0.05, 0) is 76.0 Å². The molecule has 294 valence electrons. The van der Waals surface area contributed by atoms with Crippen LogP contribution in [0.2, 0.25) is 0 Å². The molecule has 4 N–H and O–H groups in total. The smallest absolute Gasteiger partial charge is 0.332 e. The second kappa shape index (κ2) is 19.9. The Morgan fingerprint density at radius 2 is 1.58 bits per heavy atom. The molecule has 1 saturated carbocycles.